The van der Waals surface area contributed by atoms with Crippen LogP contribution in [0.2, 0.25) is 0 Å². The summed E-state index contributed by atoms with van der Waals surface area (Å²) in [5.41, 5.74) is 8.75. The van der Waals surface area contributed by atoms with Crippen molar-refractivity contribution in [1.82, 2.24) is 14.8 Å². The van der Waals surface area contributed by atoms with Gasteiger partial charge in [-0.1, -0.05) is 31.2 Å². The fraction of sp³-hybridized carbons (Fsp3) is 0.409. The van der Waals surface area contributed by atoms with Gasteiger partial charge in [-0.3, -0.25) is 19.5 Å². The van der Waals surface area contributed by atoms with E-state index in [1.54, 1.807) is 12.4 Å². The molecule has 28 heavy (non-hydrogen) atoms. The van der Waals surface area contributed by atoms with Gasteiger partial charge in [0.1, 0.15) is 0 Å². The maximum atomic E-state index is 13.2. The summed E-state index contributed by atoms with van der Waals surface area (Å²) in [5, 5.41) is 0. The van der Waals surface area contributed by atoms with E-state index in [9.17, 15) is 9.59 Å². The average Bonchev–Trinajstić information content (AvgIpc) is 2.83. The van der Waals surface area contributed by atoms with Gasteiger partial charge in [-0.25, -0.2) is 0 Å². The van der Waals surface area contributed by atoms with Gasteiger partial charge in [-0.05, 0) is 41.7 Å². The zero-order valence-electron chi connectivity index (χ0n) is 16.4. The van der Waals surface area contributed by atoms with E-state index in [4.69, 9.17) is 5.73 Å². The summed E-state index contributed by atoms with van der Waals surface area (Å²) in [6.07, 6.45) is 5.11. The fourth-order valence-corrected chi connectivity index (χ4v) is 3.90. The summed E-state index contributed by atoms with van der Waals surface area (Å²) in [6.45, 7) is 4.88. The van der Waals surface area contributed by atoms with Crippen molar-refractivity contribution in [2.24, 2.45) is 11.7 Å². The summed E-state index contributed by atoms with van der Waals surface area (Å²) >= 11 is 0. The molecular formula is C22H28N4O2. The van der Waals surface area contributed by atoms with Gasteiger partial charge in [0.05, 0.1) is 12.5 Å². The fourth-order valence-electron chi connectivity index (χ4n) is 3.90. The number of hydrogen-bond donors (Lipinski definition) is 1. The molecule has 0 radical (unpaired) electrons. The predicted octanol–water partition coefficient (Wildman–Crippen LogP) is 1.95. The number of hydrogen-bond acceptors (Lipinski definition) is 4. The highest BCUT2D eigenvalue weighted by Gasteiger charge is 2.31. The average molecular weight is 380 g/mol. The molecule has 1 aromatic heterocycles. The van der Waals surface area contributed by atoms with Gasteiger partial charge in [-0.2, -0.15) is 0 Å². The number of primary amides is 1. The lowest BCUT2D eigenvalue weighted by Crippen LogP contribution is -2.38. The predicted molar refractivity (Wildman–Crippen MR) is 109 cm³/mol. The third-order valence-corrected chi connectivity index (χ3v) is 5.17. The van der Waals surface area contributed by atoms with Gasteiger partial charge >= 0.3 is 0 Å². The Bertz CT molecular complexity index is 809. The molecule has 0 spiro atoms. The first-order valence-corrected chi connectivity index (χ1v) is 9.86. The number of nitrogens with two attached hydrogens (primary N) is 1. The van der Waals surface area contributed by atoms with Crippen molar-refractivity contribution >= 4 is 11.8 Å². The first-order chi connectivity index (χ1) is 13.6. The minimum atomic E-state index is -0.354. The summed E-state index contributed by atoms with van der Waals surface area (Å²) in [5.74, 6) is -0.387. The van der Waals surface area contributed by atoms with Crippen molar-refractivity contribution in [3.05, 3.63) is 54.4 Å². The van der Waals surface area contributed by atoms with Crippen molar-refractivity contribution < 1.29 is 9.59 Å². The van der Waals surface area contributed by atoms with E-state index in [-0.39, 0.29) is 24.3 Å². The van der Waals surface area contributed by atoms with Crippen LogP contribution in [0.1, 0.15) is 18.9 Å². The van der Waals surface area contributed by atoms with Gasteiger partial charge in [0.2, 0.25) is 11.8 Å². The van der Waals surface area contributed by atoms with Crippen molar-refractivity contribution in [3.63, 3.8) is 0 Å². The smallest absolute Gasteiger partial charge is 0.231 e. The molecule has 2 aromatic rings. The second-order valence-electron chi connectivity index (χ2n) is 7.32. The lowest BCUT2D eigenvalue weighted by molar-refractivity contribution is -0.134. The topological polar surface area (TPSA) is 79.5 Å². The van der Waals surface area contributed by atoms with Crippen molar-refractivity contribution in [2.45, 2.75) is 19.8 Å². The van der Waals surface area contributed by atoms with E-state index in [1.807, 2.05) is 34.1 Å². The SMILES string of the molecule is CCCN1CCN(CC(N)=O)C[C@H](Cc2ccccc2-c2ccncc2)C1=O. The third kappa shape index (κ3) is 4.95. The number of pyridine rings is 1. The Balaban J connectivity index is 1.87. The van der Waals surface area contributed by atoms with Gasteiger partial charge in [0.25, 0.3) is 0 Å². The third-order valence-electron chi connectivity index (χ3n) is 5.17. The second-order valence-corrected chi connectivity index (χ2v) is 7.32. The molecule has 2 N–H and O–H groups in total. The number of amides is 2. The summed E-state index contributed by atoms with van der Waals surface area (Å²) < 4.78 is 0. The Morgan fingerprint density at radius 3 is 2.64 bits per heavy atom. The standard InChI is InChI=1S/C22H28N4O2/c1-2-11-26-13-12-25(16-21(23)27)15-19(22(26)28)14-18-5-3-4-6-20(18)17-7-9-24-10-8-17/h3-10,19H,2,11-16H2,1H3,(H2,23,27)/t19-/m0/s1. The Hall–Kier alpha value is -2.73. The van der Waals surface area contributed by atoms with Crippen LogP contribution in [0, 0.1) is 5.92 Å². The van der Waals surface area contributed by atoms with Crippen LogP contribution in [0.15, 0.2) is 48.8 Å². The molecule has 1 atom stereocenters. The molecule has 0 unspecified atom stereocenters. The number of carbonyl (C=O) groups excluding carboxylic acids is 2. The van der Waals surface area contributed by atoms with Crippen LogP contribution in [0.3, 0.4) is 0 Å². The molecule has 6 nitrogen and oxygen atoms in total. The van der Waals surface area contributed by atoms with E-state index in [0.717, 1.165) is 29.7 Å². The van der Waals surface area contributed by atoms with Crippen LogP contribution < -0.4 is 5.73 Å². The molecule has 1 fully saturated rings. The lowest BCUT2D eigenvalue weighted by atomic mass is 9.91. The molecule has 1 aliphatic heterocycles. The number of carbonyl (C=O) groups is 2. The highest BCUT2D eigenvalue weighted by Crippen LogP contribution is 2.27. The lowest BCUT2D eigenvalue weighted by Gasteiger charge is -2.24. The molecule has 2 heterocycles. The zero-order chi connectivity index (χ0) is 19.9. The molecule has 148 valence electrons. The highest BCUT2D eigenvalue weighted by atomic mass is 16.2. The number of benzene rings is 1. The maximum Gasteiger partial charge on any atom is 0.231 e. The molecule has 2 amide bonds. The quantitative estimate of drug-likeness (QED) is 0.796. The summed E-state index contributed by atoms with van der Waals surface area (Å²) in [6, 6.07) is 12.1. The molecule has 0 aliphatic carbocycles. The first kappa shape index (κ1) is 20.0. The van der Waals surface area contributed by atoms with Crippen LogP contribution in [0.25, 0.3) is 11.1 Å². The van der Waals surface area contributed by atoms with E-state index in [0.29, 0.717) is 26.1 Å². The number of nitrogens with zero attached hydrogens (tertiary/aromatic N) is 3. The molecule has 6 heteroatoms. The van der Waals surface area contributed by atoms with Crippen molar-refractivity contribution in [3.8, 4) is 11.1 Å². The molecule has 0 bridgehead atoms. The van der Waals surface area contributed by atoms with Gasteiger partial charge in [-0.15, -0.1) is 0 Å². The Labute approximate surface area is 166 Å². The molecule has 1 aromatic carbocycles. The van der Waals surface area contributed by atoms with E-state index < -0.39 is 0 Å². The second kappa shape index (κ2) is 9.46. The minimum absolute atomic E-state index is 0.165. The summed E-state index contributed by atoms with van der Waals surface area (Å²) in [4.78, 5) is 32.7. The molecule has 3 rings (SSSR count). The molecular weight excluding hydrogens is 352 g/mol. The first-order valence-electron chi connectivity index (χ1n) is 9.86. The largest absolute Gasteiger partial charge is 0.369 e. The van der Waals surface area contributed by atoms with Crippen LogP contribution in [0.5, 0.6) is 0 Å². The van der Waals surface area contributed by atoms with Crippen LogP contribution in [-0.2, 0) is 16.0 Å². The van der Waals surface area contributed by atoms with Gasteiger partial charge in [0, 0.05) is 38.6 Å². The number of rotatable bonds is 7. The Morgan fingerprint density at radius 1 is 1.18 bits per heavy atom. The van der Waals surface area contributed by atoms with Crippen LogP contribution in [0.4, 0.5) is 0 Å². The maximum absolute atomic E-state index is 13.2. The Morgan fingerprint density at radius 2 is 1.93 bits per heavy atom. The van der Waals surface area contributed by atoms with Crippen LogP contribution in [-0.4, -0.2) is 59.3 Å². The van der Waals surface area contributed by atoms with E-state index >= 15 is 0 Å². The van der Waals surface area contributed by atoms with E-state index in [2.05, 4.69) is 24.0 Å². The van der Waals surface area contributed by atoms with E-state index in [1.165, 1.54) is 0 Å². The molecule has 0 saturated carbocycles. The molecule has 1 saturated heterocycles. The zero-order valence-corrected chi connectivity index (χ0v) is 16.4. The highest BCUT2D eigenvalue weighted by molar-refractivity contribution is 5.81. The van der Waals surface area contributed by atoms with Crippen molar-refractivity contribution in [1.29, 1.82) is 0 Å². The summed E-state index contributed by atoms with van der Waals surface area (Å²) in [7, 11) is 0. The monoisotopic (exact) mass is 380 g/mol. The Kier molecular flexibility index (Phi) is 6.76. The van der Waals surface area contributed by atoms with Crippen molar-refractivity contribution in [2.75, 3.05) is 32.7 Å². The normalized spacial score (nSPS) is 18.1. The van der Waals surface area contributed by atoms with Gasteiger partial charge < -0.3 is 10.6 Å². The molecule has 1 aliphatic rings. The minimum Gasteiger partial charge on any atom is -0.369 e. The van der Waals surface area contributed by atoms with Crippen LogP contribution >= 0.6 is 0 Å². The number of aromatic nitrogens is 1. The van der Waals surface area contributed by atoms with Gasteiger partial charge in [0.15, 0.2) is 0 Å².